The first kappa shape index (κ1) is 21.0. The Morgan fingerprint density at radius 2 is 2.06 bits per heavy atom. The first-order valence-corrected chi connectivity index (χ1v) is 11.9. The minimum atomic E-state index is -2.62. The number of aliphatic hydroxyl groups is 1. The molecule has 7 nitrogen and oxygen atoms in total. The fourth-order valence-electron chi connectivity index (χ4n) is 3.89. The van der Waals surface area contributed by atoms with Crippen molar-refractivity contribution in [2.75, 3.05) is 25.9 Å². The number of piperidine rings is 1. The molecule has 0 amide bonds. The van der Waals surface area contributed by atoms with E-state index in [-0.39, 0.29) is 12.4 Å². The van der Waals surface area contributed by atoms with Crippen LogP contribution >= 0.6 is 0 Å². The molecule has 7 heteroatoms. The molecule has 0 radical (unpaired) electrons. The number of likely N-dealkylation sites (tertiary alicyclic amines) is 1. The monoisotopic (exact) mass is 476 g/mol. The number of rotatable bonds is 6. The fourth-order valence-corrected chi connectivity index (χ4v) is 3.89. The number of aromatic nitrogens is 3. The average molecular weight is 477 g/mol. The number of nitrogen functional groups attached to an aromatic ring is 1. The van der Waals surface area contributed by atoms with Crippen molar-refractivity contribution in [3.63, 3.8) is 0 Å². The highest BCUT2D eigenvalue weighted by Crippen LogP contribution is 2.29. The number of benzene rings is 1. The minimum absolute atomic E-state index is 0.216. The quantitative estimate of drug-likeness (QED) is 0.520. The molecule has 4 rings (SSSR count). The lowest BCUT2D eigenvalue weighted by molar-refractivity contribution is 0.0726. The van der Waals surface area contributed by atoms with Gasteiger partial charge in [-0.05, 0) is 69.5 Å². The lowest BCUT2D eigenvalue weighted by Crippen LogP contribution is -2.31. The molecule has 2 aromatic heterocycles. The van der Waals surface area contributed by atoms with E-state index < -0.39 is 18.4 Å². The Morgan fingerprint density at radius 3 is 2.80 bits per heavy atom. The molecule has 35 heavy (non-hydrogen) atoms. The second kappa shape index (κ2) is 10.5. The van der Waals surface area contributed by atoms with Gasteiger partial charge in [-0.15, -0.1) is 0 Å². The van der Waals surface area contributed by atoms with Crippen LogP contribution in [0, 0.1) is 17.8 Å². The van der Waals surface area contributed by atoms with E-state index in [1.165, 1.54) is 0 Å². The lowest BCUT2D eigenvalue weighted by atomic mass is 9.93. The number of nitrogens with zero attached hydrogens (tertiary/aromatic N) is 4. The van der Waals surface area contributed by atoms with Gasteiger partial charge < -0.3 is 20.5 Å². The van der Waals surface area contributed by atoms with Gasteiger partial charge in [-0.2, -0.15) is 5.10 Å². The molecule has 184 valence electrons. The summed E-state index contributed by atoms with van der Waals surface area (Å²) in [5.74, 6) is 5.58. The Morgan fingerprint density at radius 1 is 1.26 bits per heavy atom. The van der Waals surface area contributed by atoms with E-state index in [9.17, 15) is 5.11 Å². The largest absolute Gasteiger partial charge is 0.485 e. The maximum Gasteiger partial charge on any atom is 0.166 e. The van der Waals surface area contributed by atoms with Crippen molar-refractivity contribution in [2.45, 2.75) is 51.8 Å². The Balaban J connectivity index is 1.47. The number of nitrogens with two attached hydrogens (primary N) is 1. The van der Waals surface area contributed by atoms with Crippen molar-refractivity contribution in [3.8, 4) is 28.7 Å². The van der Waals surface area contributed by atoms with E-state index in [0.717, 1.165) is 42.6 Å². The molecule has 3 aromatic rings. The molecule has 1 aliphatic rings. The fraction of sp³-hybridized carbons (Fsp3) is 0.429. The normalized spacial score (nSPS) is 18.1. The van der Waals surface area contributed by atoms with Crippen LogP contribution in [-0.2, 0) is 6.61 Å². The SMILES string of the molecule is [2H]C([2H])([2H])C(O)(C#Cc1cccc(COc2cc(-c3cnn(C4CCN(C)CC4)c3)cnc2N)c1)C(C)C. The third-order valence-electron chi connectivity index (χ3n) is 6.43. The van der Waals surface area contributed by atoms with Gasteiger partial charge in [0.15, 0.2) is 11.6 Å². The van der Waals surface area contributed by atoms with Crippen molar-refractivity contribution < 1.29 is 14.0 Å². The van der Waals surface area contributed by atoms with Gasteiger partial charge in [0.2, 0.25) is 0 Å². The molecular weight excluding hydrogens is 438 g/mol. The van der Waals surface area contributed by atoms with Crippen LogP contribution in [0.5, 0.6) is 5.75 Å². The van der Waals surface area contributed by atoms with Gasteiger partial charge in [0.25, 0.3) is 0 Å². The summed E-state index contributed by atoms with van der Waals surface area (Å²) in [6.07, 6.45) is 7.75. The van der Waals surface area contributed by atoms with Gasteiger partial charge in [0.05, 0.1) is 12.2 Å². The van der Waals surface area contributed by atoms with Crippen LogP contribution in [0.3, 0.4) is 0 Å². The molecule has 3 heterocycles. The Labute approximate surface area is 212 Å². The third-order valence-corrected chi connectivity index (χ3v) is 6.43. The van der Waals surface area contributed by atoms with E-state index in [1.54, 1.807) is 32.2 Å². The summed E-state index contributed by atoms with van der Waals surface area (Å²) in [5, 5.41) is 15.2. The van der Waals surface area contributed by atoms with Gasteiger partial charge in [-0.3, -0.25) is 4.68 Å². The zero-order valence-electron chi connectivity index (χ0n) is 23.5. The van der Waals surface area contributed by atoms with Crippen molar-refractivity contribution >= 4 is 5.82 Å². The molecule has 1 fully saturated rings. The molecule has 1 atom stereocenters. The van der Waals surface area contributed by atoms with Crippen LogP contribution in [0.4, 0.5) is 5.82 Å². The predicted octanol–water partition coefficient (Wildman–Crippen LogP) is 4.13. The topological polar surface area (TPSA) is 89.4 Å². The molecule has 1 aliphatic heterocycles. The summed E-state index contributed by atoms with van der Waals surface area (Å²) >= 11 is 0. The molecule has 0 saturated carbocycles. The minimum Gasteiger partial charge on any atom is -0.485 e. The Kier molecular flexibility index (Phi) is 6.30. The third kappa shape index (κ3) is 6.21. The van der Waals surface area contributed by atoms with Gasteiger partial charge in [-0.25, -0.2) is 4.98 Å². The van der Waals surface area contributed by atoms with Crippen LogP contribution in [0.1, 0.15) is 54.8 Å². The highest BCUT2D eigenvalue weighted by atomic mass is 16.5. The standard InChI is InChI=1S/C28H35N5O2/c1-20(2)28(3,34)11-8-21-6-5-7-22(14-21)19-35-26-15-23(16-30-27(26)29)24-17-31-33(18-24)25-9-12-32(4)13-10-25/h5-7,14-18,20,25,34H,9-10,12-13,19H2,1-4H3,(H2,29,30)/i3D3. The maximum absolute atomic E-state index is 10.7. The molecule has 0 spiro atoms. The Bertz CT molecular complexity index is 1320. The number of hydrogen-bond acceptors (Lipinski definition) is 6. The summed E-state index contributed by atoms with van der Waals surface area (Å²) in [5.41, 5.74) is 7.21. The summed E-state index contributed by atoms with van der Waals surface area (Å²) in [7, 11) is 2.14. The highest BCUT2D eigenvalue weighted by molar-refractivity contribution is 5.65. The number of ether oxygens (including phenoxy) is 1. The zero-order chi connectivity index (χ0) is 27.5. The second-order valence-electron chi connectivity index (χ2n) is 9.51. The summed E-state index contributed by atoms with van der Waals surface area (Å²) in [6, 6.07) is 9.50. The van der Waals surface area contributed by atoms with Crippen LogP contribution in [0.25, 0.3) is 11.1 Å². The van der Waals surface area contributed by atoms with Crippen LogP contribution in [-0.4, -0.2) is 50.5 Å². The van der Waals surface area contributed by atoms with E-state index in [4.69, 9.17) is 14.6 Å². The lowest BCUT2D eigenvalue weighted by Gasteiger charge is -2.28. The maximum atomic E-state index is 10.7. The number of anilines is 1. The Hall–Kier alpha value is -3.34. The van der Waals surface area contributed by atoms with E-state index in [0.29, 0.717) is 17.4 Å². The second-order valence-corrected chi connectivity index (χ2v) is 9.51. The van der Waals surface area contributed by atoms with Gasteiger partial charge in [0, 0.05) is 33.2 Å². The summed E-state index contributed by atoms with van der Waals surface area (Å²) < 4.78 is 31.1. The van der Waals surface area contributed by atoms with E-state index in [1.807, 2.05) is 35.3 Å². The van der Waals surface area contributed by atoms with E-state index >= 15 is 0 Å². The predicted molar refractivity (Wildman–Crippen MR) is 139 cm³/mol. The molecule has 3 N–H and O–H groups in total. The average Bonchev–Trinajstić information content (AvgIpc) is 3.37. The van der Waals surface area contributed by atoms with Gasteiger partial charge in [-0.1, -0.05) is 37.8 Å². The van der Waals surface area contributed by atoms with Crippen LogP contribution in [0.15, 0.2) is 48.9 Å². The van der Waals surface area contributed by atoms with Crippen LogP contribution in [0.2, 0.25) is 0 Å². The molecule has 1 saturated heterocycles. The van der Waals surface area contributed by atoms with Crippen molar-refractivity contribution in [3.05, 3.63) is 60.0 Å². The van der Waals surface area contributed by atoms with Crippen LogP contribution < -0.4 is 10.5 Å². The van der Waals surface area contributed by atoms with Crippen molar-refractivity contribution in [1.29, 1.82) is 0 Å². The number of hydrogen-bond donors (Lipinski definition) is 2. The molecule has 1 unspecified atom stereocenters. The molecular formula is C28H35N5O2. The van der Waals surface area contributed by atoms with E-state index in [2.05, 4.69) is 33.9 Å². The summed E-state index contributed by atoms with van der Waals surface area (Å²) in [6.45, 7) is 2.99. The molecule has 0 aliphatic carbocycles. The highest BCUT2D eigenvalue weighted by Gasteiger charge is 2.21. The van der Waals surface area contributed by atoms with Crippen molar-refractivity contribution in [1.82, 2.24) is 19.7 Å². The van der Waals surface area contributed by atoms with Crippen molar-refractivity contribution in [2.24, 2.45) is 5.92 Å². The molecule has 0 bridgehead atoms. The summed E-state index contributed by atoms with van der Waals surface area (Å²) in [4.78, 5) is 6.65. The van der Waals surface area contributed by atoms with Gasteiger partial charge >= 0.3 is 0 Å². The smallest absolute Gasteiger partial charge is 0.166 e. The first-order chi connectivity index (χ1) is 18.0. The number of pyridine rings is 1. The molecule has 1 aromatic carbocycles. The first-order valence-electron chi connectivity index (χ1n) is 13.4. The zero-order valence-corrected chi connectivity index (χ0v) is 20.5. The van der Waals surface area contributed by atoms with Gasteiger partial charge in [0.1, 0.15) is 12.2 Å².